The van der Waals surface area contributed by atoms with Crippen molar-refractivity contribution in [3.63, 3.8) is 0 Å². The number of nitrogens with one attached hydrogen (secondary N) is 1. The van der Waals surface area contributed by atoms with Crippen LogP contribution in [0.2, 0.25) is 10.3 Å². The number of amides is 1. The molecular formula is C7H6Cl2N4O2. The number of rotatable bonds is 2. The van der Waals surface area contributed by atoms with Crippen LogP contribution in [-0.2, 0) is 0 Å². The molecule has 0 aliphatic heterocycles. The number of nitrogens with zero attached hydrogens (tertiary/aromatic N) is 2. The van der Waals surface area contributed by atoms with Crippen molar-refractivity contribution >= 4 is 34.9 Å². The largest absolute Gasteiger partial charge is 0.291 e. The van der Waals surface area contributed by atoms with Gasteiger partial charge in [0.1, 0.15) is 15.9 Å². The normalized spacial score (nSPS) is 9.87. The van der Waals surface area contributed by atoms with E-state index in [9.17, 15) is 9.59 Å². The first-order valence-corrected chi connectivity index (χ1v) is 4.48. The number of hydrazine groups is 1. The summed E-state index contributed by atoms with van der Waals surface area (Å²) >= 11 is 11.3. The first-order chi connectivity index (χ1) is 6.97. The van der Waals surface area contributed by atoms with Gasteiger partial charge in [-0.05, 0) is 0 Å². The van der Waals surface area contributed by atoms with Crippen LogP contribution in [0, 0.1) is 0 Å². The van der Waals surface area contributed by atoms with Crippen molar-refractivity contribution < 1.29 is 9.59 Å². The smallest absolute Gasteiger partial charge is 0.271 e. The minimum atomic E-state index is -0.722. The Hall–Kier alpha value is -1.24. The highest BCUT2D eigenvalue weighted by Crippen LogP contribution is 2.20. The predicted molar refractivity (Wildman–Crippen MR) is 53.7 cm³/mol. The number of hydrogen-bond donors (Lipinski definition) is 2. The molecule has 0 unspecified atom stereocenters. The van der Waals surface area contributed by atoms with Crippen LogP contribution in [0.5, 0.6) is 0 Å². The van der Waals surface area contributed by atoms with Crippen LogP contribution in [0.3, 0.4) is 0 Å². The minimum absolute atomic E-state index is 0.154. The van der Waals surface area contributed by atoms with Crippen LogP contribution >= 0.6 is 23.2 Å². The first kappa shape index (κ1) is 11.8. The summed E-state index contributed by atoms with van der Waals surface area (Å²) in [6, 6.07) is 0. The fourth-order valence-corrected chi connectivity index (χ4v) is 1.38. The lowest BCUT2D eigenvalue weighted by Gasteiger charge is -2.04. The number of hydrogen-bond acceptors (Lipinski definition) is 5. The summed E-state index contributed by atoms with van der Waals surface area (Å²) in [5, 5.41) is -0.439. The Kier molecular flexibility index (Phi) is 3.57. The van der Waals surface area contributed by atoms with Crippen molar-refractivity contribution in [3.05, 3.63) is 21.7 Å². The molecule has 0 atom stereocenters. The van der Waals surface area contributed by atoms with Gasteiger partial charge in [-0.2, -0.15) is 0 Å². The molecule has 0 aliphatic rings. The van der Waals surface area contributed by atoms with E-state index in [1.54, 1.807) is 0 Å². The molecule has 1 aromatic rings. The maximum absolute atomic E-state index is 11.2. The van der Waals surface area contributed by atoms with Crippen molar-refractivity contribution in [1.82, 2.24) is 15.4 Å². The molecule has 0 spiro atoms. The van der Waals surface area contributed by atoms with Gasteiger partial charge >= 0.3 is 0 Å². The Morgan fingerprint density at radius 2 is 1.73 bits per heavy atom. The van der Waals surface area contributed by atoms with Gasteiger partial charge in [0.15, 0.2) is 11.6 Å². The molecule has 0 aromatic carbocycles. The molecule has 0 fully saturated rings. The lowest BCUT2D eigenvalue weighted by Crippen LogP contribution is -2.31. The van der Waals surface area contributed by atoms with E-state index in [2.05, 4.69) is 9.97 Å². The third kappa shape index (κ3) is 2.41. The quantitative estimate of drug-likeness (QED) is 0.263. The maximum Gasteiger partial charge on any atom is 0.271 e. The van der Waals surface area contributed by atoms with E-state index in [1.165, 1.54) is 6.92 Å². The lowest BCUT2D eigenvalue weighted by molar-refractivity contribution is 0.0949. The van der Waals surface area contributed by atoms with Gasteiger partial charge in [0, 0.05) is 6.92 Å². The van der Waals surface area contributed by atoms with Crippen LogP contribution in [-0.4, -0.2) is 21.7 Å². The van der Waals surface area contributed by atoms with Gasteiger partial charge in [0.2, 0.25) is 0 Å². The summed E-state index contributed by atoms with van der Waals surface area (Å²) in [7, 11) is 0. The van der Waals surface area contributed by atoms with Gasteiger partial charge in [0.05, 0.1) is 0 Å². The van der Waals surface area contributed by atoms with Gasteiger partial charge in [-0.25, -0.2) is 15.8 Å². The fraction of sp³-hybridized carbons (Fsp3) is 0.143. The van der Waals surface area contributed by atoms with Crippen LogP contribution in [0.15, 0.2) is 0 Å². The highest BCUT2D eigenvalue weighted by atomic mass is 35.5. The summed E-state index contributed by atoms with van der Waals surface area (Å²) in [6.07, 6.45) is 0. The van der Waals surface area contributed by atoms with Crippen molar-refractivity contribution in [2.45, 2.75) is 6.92 Å². The SMILES string of the molecule is CC(=O)c1nc(Cl)c(C(=O)NN)c(Cl)n1. The van der Waals surface area contributed by atoms with Gasteiger partial charge in [-0.15, -0.1) is 0 Å². The number of nitrogen functional groups attached to an aromatic ring is 1. The summed E-state index contributed by atoms with van der Waals surface area (Å²) in [4.78, 5) is 29.3. The van der Waals surface area contributed by atoms with E-state index in [4.69, 9.17) is 29.0 Å². The zero-order valence-corrected chi connectivity index (χ0v) is 9.06. The third-order valence-corrected chi connectivity index (χ3v) is 2.04. The van der Waals surface area contributed by atoms with Crippen LogP contribution in [0.4, 0.5) is 0 Å². The average molecular weight is 249 g/mol. The zero-order chi connectivity index (χ0) is 11.6. The first-order valence-electron chi connectivity index (χ1n) is 3.72. The molecule has 80 valence electrons. The zero-order valence-electron chi connectivity index (χ0n) is 7.54. The highest BCUT2D eigenvalue weighted by molar-refractivity contribution is 6.38. The third-order valence-electron chi connectivity index (χ3n) is 1.49. The lowest BCUT2D eigenvalue weighted by atomic mass is 10.3. The van der Waals surface area contributed by atoms with Gasteiger partial charge in [-0.1, -0.05) is 23.2 Å². The van der Waals surface area contributed by atoms with Gasteiger partial charge in [0.25, 0.3) is 5.91 Å². The number of carbonyl (C=O) groups is 2. The second kappa shape index (κ2) is 4.52. The number of ketones is 1. The molecule has 1 heterocycles. The van der Waals surface area contributed by atoms with Gasteiger partial charge < -0.3 is 0 Å². The van der Waals surface area contributed by atoms with E-state index in [0.717, 1.165) is 0 Å². The van der Waals surface area contributed by atoms with Crippen molar-refractivity contribution in [1.29, 1.82) is 0 Å². The van der Waals surface area contributed by atoms with Crippen molar-refractivity contribution in [2.24, 2.45) is 5.84 Å². The van der Waals surface area contributed by atoms with Crippen LogP contribution in [0.1, 0.15) is 27.9 Å². The molecular weight excluding hydrogens is 243 g/mol. The van der Waals surface area contributed by atoms with Crippen molar-refractivity contribution in [2.75, 3.05) is 0 Å². The fourth-order valence-electron chi connectivity index (χ4n) is 0.825. The predicted octanol–water partition coefficient (Wildman–Crippen LogP) is 0.590. The Bertz CT molecular complexity index is 412. The molecule has 3 N–H and O–H groups in total. The number of Topliss-reactive ketones (excluding diaryl/α,β-unsaturated/α-hetero) is 1. The maximum atomic E-state index is 11.2. The molecule has 15 heavy (non-hydrogen) atoms. The van der Waals surface area contributed by atoms with Gasteiger partial charge in [-0.3, -0.25) is 15.0 Å². The molecule has 0 aliphatic carbocycles. The summed E-state index contributed by atoms with van der Waals surface area (Å²) < 4.78 is 0. The Balaban J connectivity index is 3.33. The Morgan fingerprint density at radius 3 is 2.07 bits per heavy atom. The number of halogens is 2. The molecule has 1 aromatic heterocycles. The van der Waals surface area contributed by atoms with E-state index >= 15 is 0 Å². The van der Waals surface area contributed by atoms with Crippen LogP contribution < -0.4 is 11.3 Å². The average Bonchev–Trinajstić information content (AvgIpc) is 2.16. The van der Waals surface area contributed by atoms with E-state index in [1.807, 2.05) is 5.43 Å². The number of carbonyl (C=O) groups excluding carboxylic acids is 2. The van der Waals surface area contributed by atoms with E-state index in [-0.39, 0.29) is 21.7 Å². The Morgan fingerprint density at radius 1 is 1.27 bits per heavy atom. The summed E-state index contributed by atoms with van der Waals surface area (Å²) in [5.74, 6) is 3.62. The molecule has 1 amide bonds. The Labute approximate surface area is 94.8 Å². The topological polar surface area (TPSA) is 98.0 Å². The van der Waals surface area contributed by atoms with E-state index < -0.39 is 11.7 Å². The molecule has 0 saturated heterocycles. The molecule has 1 rings (SSSR count). The molecule has 0 radical (unpaired) electrons. The molecule has 8 heteroatoms. The summed E-state index contributed by atoms with van der Waals surface area (Å²) in [6.45, 7) is 1.25. The number of aromatic nitrogens is 2. The summed E-state index contributed by atoms with van der Waals surface area (Å²) in [5.41, 5.74) is 1.68. The monoisotopic (exact) mass is 248 g/mol. The number of nitrogens with two attached hydrogens (primary N) is 1. The van der Waals surface area contributed by atoms with Crippen LogP contribution in [0.25, 0.3) is 0 Å². The highest BCUT2D eigenvalue weighted by Gasteiger charge is 2.19. The van der Waals surface area contributed by atoms with E-state index in [0.29, 0.717) is 0 Å². The second-order valence-electron chi connectivity index (χ2n) is 2.53. The molecule has 6 nitrogen and oxygen atoms in total. The molecule has 0 bridgehead atoms. The standard InChI is InChI=1S/C7H6Cl2N4O2/c1-2(14)6-11-4(8)3(5(9)12-6)7(15)13-10/h10H2,1H3,(H,13,15). The minimum Gasteiger partial charge on any atom is -0.291 e. The molecule has 0 saturated carbocycles. The van der Waals surface area contributed by atoms with Crippen molar-refractivity contribution in [3.8, 4) is 0 Å². The second-order valence-corrected chi connectivity index (χ2v) is 3.25.